The Bertz CT molecular complexity index is 4920. The molecule has 8 N–H and O–H groups in total. The van der Waals surface area contributed by atoms with Crippen LogP contribution in [0.3, 0.4) is 0 Å². The molecule has 0 aliphatic carbocycles. The third-order valence-corrected chi connectivity index (χ3v) is 14.2. The fraction of sp³-hybridized carbons (Fsp3) is 0.111. The number of amides is 4. The van der Waals surface area contributed by atoms with Crippen molar-refractivity contribution in [3.05, 3.63) is 262 Å². The van der Waals surface area contributed by atoms with E-state index < -0.39 is 47.4 Å². The number of pyridine rings is 4. The van der Waals surface area contributed by atoms with Crippen LogP contribution in [0, 0.1) is 79.2 Å². The first-order valence-corrected chi connectivity index (χ1v) is 30.2. The van der Waals surface area contributed by atoms with Crippen molar-refractivity contribution in [2.24, 2.45) is 22.9 Å². The van der Waals surface area contributed by atoms with Crippen molar-refractivity contribution < 1.29 is 36.7 Å². The summed E-state index contributed by atoms with van der Waals surface area (Å²) >= 11 is 0. The average Bonchev–Trinajstić information content (AvgIpc) is 1.81. The van der Waals surface area contributed by atoms with Crippen LogP contribution in [0.25, 0.3) is 92.6 Å². The molecule has 8 aromatic heterocycles. The molecule has 8 heterocycles. The third kappa shape index (κ3) is 19.2. The van der Waals surface area contributed by atoms with E-state index in [1.807, 2.05) is 104 Å². The molecular formula is C72H64F4N20O4. The summed E-state index contributed by atoms with van der Waals surface area (Å²) in [5.41, 5.74) is 35.0. The summed E-state index contributed by atoms with van der Waals surface area (Å²) in [4.78, 5) is 78.1. The Labute approximate surface area is 569 Å². The van der Waals surface area contributed by atoms with Gasteiger partial charge >= 0.3 is 0 Å². The van der Waals surface area contributed by atoms with Gasteiger partial charge in [-0.2, -0.15) is 17.6 Å². The lowest BCUT2D eigenvalue weighted by Crippen LogP contribution is -2.15. The average molecular weight is 1350 g/mol. The van der Waals surface area contributed by atoms with E-state index in [2.05, 4.69) is 84.5 Å². The van der Waals surface area contributed by atoms with Crippen molar-refractivity contribution in [1.82, 2.24) is 79.0 Å². The Hall–Kier alpha value is -13.4. The Kier molecular flexibility index (Phi) is 22.6. The maximum atomic E-state index is 13.9. The van der Waals surface area contributed by atoms with Crippen molar-refractivity contribution in [3.8, 4) is 45.6 Å². The van der Waals surface area contributed by atoms with Gasteiger partial charge in [-0.1, -0.05) is 74.8 Å². The lowest BCUT2D eigenvalue weighted by molar-refractivity contribution is -0.113. The van der Waals surface area contributed by atoms with Crippen molar-refractivity contribution in [3.63, 3.8) is 0 Å². The van der Waals surface area contributed by atoms with Gasteiger partial charge in [0.15, 0.2) is 23.3 Å². The van der Waals surface area contributed by atoms with E-state index in [0.29, 0.717) is 34.4 Å². The Morgan fingerprint density at radius 2 is 0.730 bits per heavy atom. The summed E-state index contributed by atoms with van der Waals surface area (Å²) < 4.78 is 58.9. The highest BCUT2D eigenvalue weighted by molar-refractivity contribution is 6.23. The molecule has 0 aliphatic rings. The lowest BCUT2D eigenvalue weighted by atomic mass is 10.1. The number of nitrogens with two attached hydrogens (primary N) is 4. The number of carbonyl (C=O) groups excluding carboxylic acids is 4. The summed E-state index contributed by atoms with van der Waals surface area (Å²) in [5, 5.41) is 17.4. The standard InChI is InChI=1S/4C18H16FN5O/c1-11-5-12(2)7-14(6-11)18-22-10-24(23-18)9-15(17(20)25)13-3-4-21-16(19)8-13;1-11-5-12(2)7-14(6-11)18-22-10-24(23-18)9-15(17(20)25)13-3-4-16(19)21-8-13;1-11-6-12(2)8-13(7-11)18-21-10-24(23-18)9-14(17(20)25)15-4-3-5-16(19)22-15;1-11-6-12(2)8-13(7-11)18-22-10-24(23-18)9-15(17(20)25)14-4-3-5-21-16(14)19/h4*3-10H,1-2H3,(H2,20,25)/b2*15-9-;14-9+;15-9+. The number of carbonyl (C=O) groups is 4. The summed E-state index contributed by atoms with van der Waals surface area (Å²) in [6.45, 7) is 16.0. The number of aromatic nitrogens is 16. The van der Waals surface area contributed by atoms with Crippen LogP contribution in [-0.4, -0.2) is 103 Å². The van der Waals surface area contributed by atoms with Crippen molar-refractivity contribution in [2.45, 2.75) is 55.4 Å². The molecule has 4 aromatic carbocycles. The molecule has 0 aliphatic heterocycles. The van der Waals surface area contributed by atoms with Gasteiger partial charge in [-0.15, -0.1) is 20.4 Å². The highest BCUT2D eigenvalue weighted by Crippen LogP contribution is 2.26. The maximum Gasteiger partial charge on any atom is 0.252 e. The molecule has 12 aromatic rings. The van der Waals surface area contributed by atoms with Gasteiger partial charge in [0.2, 0.25) is 23.8 Å². The van der Waals surface area contributed by atoms with Crippen LogP contribution >= 0.6 is 0 Å². The SMILES string of the molecule is Cc1cc(C)cc(-c2ncn(/C=C(/C(N)=O)c3cccc(F)n3)n2)c1.Cc1cc(C)cc(-c2ncn(/C=C(/C(N)=O)c3cccnc3F)n2)c1.Cc1cc(C)cc(-c2ncn(/C=C(\C(N)=O)c3ccc(F)nc3)n2)c1.Cc1cc(C)cc(-c2ncn(/C=C(\C(N)=O)c3ccnc(F)c3)n2)c1. The van der Waals surface area contributed by atoms with E-state index in [-0.39, 0.29) is 33.5 Å². The van der Waals surface area contributed by atoms with Gasteiger partial charge < -0.3 is 22.9 Å². The zero-order valence-corrected chi connectivity index (χ0v) is 55.1. The van der Waals surface area contributed by atoms with Crippen LogP contribution in [0.2, 0.25) is 0 Å². The summed E-state index contributed by atoms with van der Waals surface area (Å²) in [7, 11) is 0. The number of benzene rings is 4. The molecule has 0 saturated heterocycles. The minimum atomic E-state index is -0.782. The highest BCUT2D eigenvalue weighted by atomic mass is 19.1. The molecule has 12 rings (SSSR count). The van der Waals surface area contributed by atoms with Gasteiger partial charge in [-0.3, -0.25) is 19.2 Å². The van der Waals surface area contributed by atoms with E-state index >= 15 is 0 Å². The van der Waals surface area contributed by atoms with E-state index in [9.17, 15) is 36.7 Å². The first kappa shape index (κ1) is 70.9. The number of nitrogens with zero attached hydrogens (tertiary/aromatic N) is 16. The Morgan fingerprint density at radius 1 is 0.350 bits per heavy atom. The number of hydrogen-bond donors (Lipinski definition) is 4. The maximum absolute atomic E-state index is 13.9. The highest BCUT2D eigenvalue weighted by Gasteiger charge is 2.18. The molecule has 24 nitrogen and oxygen atoms in total. The van der Waals surface area contributed by atoms with E-state index in [1.165, 1.54) is 130 Å². The lowest BCUT2D eigenvalue weighted by Gasteiger charge is -2.04. The van der Waals surface area contributed by atoms with Gasteiger partial charge in [0.05, 0.1) is 28.0 Å². The molecule has 0 radical (unpaired) electrons. The van der Waals surface area contributed by atoms with Crippen LogP contribution < -0.4 is 22.9 Å². The molecule has 28 heteroatoms. The molecule has 0 atom stereocenters. The molecule has 0 fully saturated rings. The number of primary amides is 4. The van der Waals surface area contributed by atoms with Crippen LogP contribution in [0.4, 0.5) is 17.6 Å². The van der Waals surface area contributed by atoms with Gasteiger partial charge in [0.1, 0.15) is 25.3 Å². The molecule has 0 bridgehead atoms. The monoisotopic (exact) mass is 1350 g/mol. The van der Waals surface area contributed by atoms with E-state index in [1.54, 1.807) is 0 Å². The van der Waals surface area contributed by atoms with Crippen molar-refractivity contribution in [1.29, 1.82) is 0 Å². The molecule has 4 amide bonds. The zero-order valence-electron chi connectivity index (χ0n) is 55.1. The van der Waals surface area contributed by atoms with Crippen LogP contribution in [0.15, 0.2) is 171 Å². The molecule has 0 unspecified atom stereocenters. The fourth-order valence-corrected chi connectivity index (χ4v) is 10.2. The van der Waals surface area contributed by atoms with Gasteiger partial charge in [0, 0.05) is 82.8 Å². The topological polar surface area (TPSA) is 347 Å². The second kappa shape index (κ2) is 31.9. The van der Waals surface area contributed by atoms with Crippen LogP contribution in [0.1, 0.15) is 66.9 Å². The summed E-state index contributed by atoms with van der Waals surface area (Å²) in [5.74, 6) is -3.62. The van der Waals surface area contributed by atoms with Crippen LogP contribution in [-0.2, 0) is 19.2 Å². The normalized spacial score (nSPS) is 11.6. The summed E-state index contributed by atoms with van der Waals surface area (Å²) in [6, 6.07) is 36.4. The molecule has 0 spiro atoms. The first-order valence-electron chi connectivity index (χ1n) is 30.2. The fourth-order valence-electron chi connectivity index (χ4n) is 10.2. The first-order chi connectivity index (χ1) is 47.7. The second-order valence-electron chi connectivity index (χ2n) is 22.8. The van der Waals surface area contributed by atoms with Gasteiger partial charge in [-0.05, 0) is 152 Å². The third-order valence-electron chi connectivity index (χ3n) is 14.2. The van der Waals surface area contributed by atoms with Crippen molar-refractivity contribution in [2.75, 3.05) is 0 Å². The molecule has 504 valence electrons. The molecular weight excluding hydrogens is 1280 g/mol. The van der Waals surface area contributed by atoms with E-state index in [0.717, 1.165) is 78.9 Å². The minimum Gasteiger partial charge on any atom is -0.366 e. The van der Waals surface area contributed by atoms with Crippen molar-refractivity contribution >= 4 is 70.7 Å². The number of hydrogen-bond acceptors (Lipinski definition) is 16. The Morgan fingerprint density at radius 3 is 1.08 bits per heavy atom. The zero-order chi connectivity index (χ0) is 71.9. The number of halogens is 4. The van der Waals surface area contributed by atoms with Gasteiger partial charge in [0.25, 0.3) is 23.6 Å². The quantitative estimate of drug-likeness (QED) is 0.0397. The molecule has 0 saturated carbocycles. The Balaban J connectivity index is 0.000000156. The largest absolute Gasteiger partial charge is 0.366 e. The van der Waals surface area contributed by atoms with Crippen LogP contribution in [0.5, 0.6) is 0 Å². The summed E-state index contributed by atoms with van der Waals surface area (Å²) in [6.07, 6.45) is 15.2. The predicted molar refractivity (Wildman–Crippen MR) is 370 cm³/mol. The van der Waals surface area contributed by atoms with E-state index in [4.69, 9.17) is 22.9 Å². The molecule has 100 heavy (non-hydrogen) atoms. The second-order valence-corrected chi connectivity index (χ2v) is 22.8. The predicted octanol–water partition coefficient (Wildman–Crippen LogP) is 10.3. The minimum absolute atomic E-state index is 0.0125. The smallest absolute Gasteiger partial charge is 0.252 e. The number of aryl methyl sites for hydroxylation is 8. The number of rotatable bonds is 16. The van der Waals surface area contributed by atoms with Gasteiger partial charge in [-0.25, -0.2) is 58.6 Å².